The van der Waals surface area contributed by atoms with Gasteiger partial charge in [-0.1, -0.05) is 90.3 Å². The highest BCUT2D eigenvalue weighted by atomic mass is 35.5. The zero-order valence-electron chi connectivity index (χ0n) is 20.8. The Bertz CT molecular complexity index is 1170. The number of amides is 2. The van der Waals surface area contributed by atoms with Crippen molar-refractivity contribution in [2.75, 3.05) is 6.61 Å². The Balaban J connectivity index is 1.92. The zero-order valence-corrected chi connectivity index (χ0v) is 22.4. The minimum atomic E-state index is -0.723. The number of benzene rings is 3. The number of hydrogen-bond donors (Lipinski definition) is 1. The molecule has 2 atom stereocenters. The maximum atomic E-state index is 13.6. The van der Waals surface area contributed by atoms with Crippen LogP contribution >= 0.6 is 23.2 Å². The second kappa shape index (κ2) is 13.3. The highest BCUT2D eigenvalue weighted by molar-refractivity contribution is 6.35. The van der Waals surface area contributed by atoms with Crippen LogP contribution in [-0.2, 0) is 22.6 Å². The highest BCUT2D eigenvalue weighted by Crippen LogP contribution is 2.27. The van der Waals surface area contributed by atoms with Gasteiger partial charge in [-0.15, -0.1) is 0 Å². The van der Waals surface area contributed by atoms with Gasteiger partial charge < -0.3 is 15.0 Å². The smallest absolute Gasteiger partial charge is 0.261 e. The molecule has 0 saturated heterocycles. The van der Waals surface area contributed by atoms with E-state index in [4.69, 9.17) is 27.9 Å². The lowest BCUT2D eigenvalue weighted by Crippen LogP contribution is -2.53. The Hall–Kier alpha value is -3.02. The number of carbonyl (C=O) groups excluding carboxylic acids is 2. The van der Waals surface area contributed by atoms with Crippen LogP contribution in [0.1, 0.15) is 37.0 Å². The van der Waals surface area contributed by atoms with Crippen LogP contribution in [0.3, 0.4) is 0 Å². The maximum absolute atomic E-state index is 13.6. The molecule has 0 aliphatic rings. The fourth-order valence-electron chi connectivity index (χ4n) is 3.82. The van der Waals surface area contributed by atoms with Crippen molar-refractivity contribution in [2.24, 2.45) is 0 Å². The third-order valence-electron chi connectivity index (χ3n) is 5.95. The van der Waals surface area contributed by atoms with Gasteiger partial charge in [0.05, 0.1) is 5.02 Å². The van der Waals surface area contributed by atoms with E-state index in [1.807, 2.05) is 75.4 Å². The van der Waals surface area contributed by atoms with Crippen molar-refractivity contribution in [1.82, 2.24) is 10.2 Å². The first-order valence-electron chi connectivity index (χ1n) is 12.0. The van der Waals surface area contributed by atoms with Crippen LogP contribution in [0.15, 0.2) is 72.8 Å². The molecular weight excluding hydrogens is 495 g/mol. The van der Waals surface area contributed by atoms with Crippen molar-refractivity contribution in [3.63, 3.8) is 0 Å². The van der Waals surface area contributed by atoms with E-state index in [9.17, 15) is 9.59 Å². The third-order valence-corrected chi connectivity index (χ3v) is 6.48. The first kappa shape index (κ1) is 27.6. The molecule has 3 aromatic rings. The monoisotopic (exact) mass is 526 g/mol. The van der Waals surface area contributed by atoms with Gasteiger partial charge in [0, 0.05) is 24.0 Å². The third kappa shape index (κ3) is 8.00. The summed E-state index contributed by atoms with van der Waals surface area (Å²) in [5.41, 5.74) is 2.97. The van der Waals surface area contributed by atoms with Gasteiger partial charge in [0.15, 0.2) is 6.61 Å². The molecule has 0 aliphatic heterocycles. The quantitative estimate of drug-likeness (QED) is 0.322. The van der Waals surface area contributed by atoms with Gasteiger partial charge in [-0.25, -0.2) is 0 Å². The lowest BCUT2D eigenvalue weighted by atomic mass is 10.0. The molecule has 7 heteroatoms. The van der Waals surface area contributed by atoms with E-state index >= 15 is 0 Å². The van der Waals surface area contributed by atoms with Crippen molar-refractivity contribution >= 4 is 35.0 Å². The van der Waals surface area contributed by atoms with Crippen LogP contribution in [-0.4, -0.2) is 35.4 Å². The molecule has 3 rings (SSSR count). The minimum Gasteiger partial charge on any atom is -0.482 e. The number of halogens is 2. The molecule has 0 fully saturated rings. The first-order valence-corrected chi connectivity index (χ1v) is 12.8. The van der Waals surface area contributed by atoms with E-state index in [2.05, 4.69) is 5.32 Å². The molecule has 190 valence electrons. The molecule has 36 heavy (non-hydrogen) atoms. The number of aryl methyl sites for hydroxylation is 1. The van der Waals surface area contributed by atoms with Gasteiger partial charge >= 0.3 is 0 Å². The summed E-state index contributed by atoms with van der Waals surface area (Å²) < 4.78 is 5.76. The van der Waals surface area contributed by atoms with E-state index in [-0.39, 0.29) is 31.0 Å². The molecule has 0 aromatic heterocycles. The Kier molecular flexibility index (Phi) is 10.2. The molecule has 0 bridgehead atoms. The molecule has 2 amide bonds. The summed E-state index contributed by atoms with van der Waals surface area (Å²) in [6, 6.07) is 21.7. The predicted octanol–water partition coefficient (Wildman–Crippen LogP) is 6.24. The summed E-state index contributed by atoms with van der Waals surface area (Å²) in [6.07, 6.45) is 1.16. The Morgan fingerprint density at radius 1 is 0.972 bits per heavy atom. The van der Waals surface area contributed by atoms with Crippen molar-refractivity contribution in [3.8, 4) is 5.75 Å². The topological polar surface area (TPSA) is 58.6 Å². The van der Waals surface area contributed by atoms with Gasteiger partial charge in [-0.05, 0) is 49.6 Å². The molecule has 0 saturated carbocycles. The lowest BCUT2D eigenvalue weighted by Gasteiger charge is -2.32. The first-order chi connectivity index (χ1) is 17.3. The van der Waals surface area contributed by atoms with E-state index in [1.165, 1.54) is 0 Å². The average Bonchev–Trinajstić information content (AvgIpc) is 2.86. The van der Waals surface area contributed by atoms with Crippen molar-refractivity contribution < 1.29 is 14.3 Å². The molecule has 0 spiro atoms. The van der Waals surface area contributed by atoms with Gasteiger partial charge in [0.1, 0.15) is 11.8 Å². The van der Waals surface area contributed by atoms with Crippen LogP contribution < -0.4 is 10.1 Å². The summed E-state index contributed by atoms with van der Waals surface area (Å²) >= 11 is 12.2. The normalized spacial score (nSPS) is 12.5. The number of ether oxygens (including phenoxy) is 1. The number of rotatable bonds is 11. The molecule has 1 N–H and O–H groups in total. The number of carbonyl (C=O) groups is 2. The maximum Gasteiger partial charge on any atom is 0.261 e. The van der Waals surface area contributed by atoms with Crippen LogP contribution in [0.4, 0.5) is 0 Å². The molecule has 0 radical (unpaired) electrons. The number of nitrogens with zero attached hydrogens (tertiary/aromatic N) is 1. The lowest BCUT2D eigenvalue weighted by molar-refractivity contribution is -0.143. The Labute approximate surface area is 223 Å². The van der Waals surface area contributed by atoms with Gasteiger partial charge in [0.2, 0.25) is 5.91 Å². The second-order valence-electron chi connectivity index (χ2n) is 8.90. The molecular formula is C29H32Cl2N2O3. The van der Waals surface area contributed by atoms with Crippen molar-refractivity contribution in [1.29, 1.82) is 0 Å². The average molecular weight is 527 g/mol. The predicted molar refractivity (Wildman–Crippen MR) is 146 cm³/mol. The summed E-state index contributed by atoms with van der Waals surface area (Å²) in [4.78, 5) is 28.7. The van der Waals surface area contributed by atoms with E-state index in [0.29, 0.717) is 22.2 Å². The summed E-state index contributed by atoms with van der Waals surface area (Å²) in [5, 5.41) is 3.85. The molecule has 0 unspecified atom stereocenters. The van der Waals surface area contributed by atoms with Gasteiger partial charge in [-0.2, -0.15) is 0 Å². The van der Waals surface area contributed by atoms with E-state index < -0.39 is 6.04 Å². The molecule has 0 heterocycles. The van der Waals surface area contributed by atoms with Crippen molar-refractivity contribution in [2.45, 2.75) is 52.2 Å². The van der Waals surface area contributed by atoms with Crippen LogP contribution in [0.2, 0.25) is 10.0 Å². The number of nitrogens with one attached hydrogen (secondary N) is 1. The fraction of sp³-hybridized carbons (Fsp3) is 0.310. The molecule has 3 aromatic carbocycles. The second-order valence-corrected chi connectivity index (χ2v) is 9.74. The van der Waals surface area contributed by atoms with Crippen LogP contribution in [0.25, 0.3) is 0 Å². The van der Waals surface area contributed by atoms with Gasteiger partial charge in [-0.3, -0.25) is 9.59 Å². The molecule has 0 aliphatic carbocycles. The largest absolute Gasteiger partial charge is 0.482 e. The van der Waals surface area contributed by atoms with Gasteiger partial charge in [0.25, 0.3) is 5.91 Å². The van der Waals surface area contributed by atoms with Crippen LogP contribution in [0, 0.1) is 6.92 Å². The summed E-state index contributed by atoms with van der Waals surface area (Å²) in [5.74, 6) is -0.157. The minimum absolute atomic E-state index is 0.0178. The van der Waals surface area contributed by atoms with Crippen LogP contribution in [0.5, 0.6) is 5.75 Å². The summed E-state index contributed by atoms with van der Waals surface area (Å²) in [7, 11) is 0. The molecule has 5 nitrogen and oxygen atoms in total. The fourth-order valence-corrected chi connectivity index (χ4v) is 4.28. The number of hydrogen-bond acceptors (Lipinski definition) is 3. The van der Waals surface area contributed by atoms with E-state index in [0.717, 1.165) is 23.1 Å². The Morgan fingerprint density at radius 3 is 2.36 bits per heavy atom. The van der Waals surface area contributed by atoms with E-state index in [1.54, 1.807) is 23.1 Å². The Morgan fingerprint density at radius 2 is 1.69 bits per heavy atom. The van der Waals surface area contributed by atoms with Crippen molar-refractivity contribution in [3.05, 3.63) is 99.5 Å². The highest BCUT2D eigenvalue weighted by Gasteiger charge is 2.31. The zero-order chi connectivity index (χ0) is 26.1. The SMILES string of the molecule is CC[C@@H](C)NC(=O)[C@H](Cc1ccccc1)N(Cc1cccc(C)c1)C(=O)COc1ccc(Cl)cc1Cl. The standard InChI is InChI=1S/C29H32Cl2N2O3/c1-4-21(3)32-29(35)26(16-22-10-6-5-7-11-22)33(18-23-12-8-9-20(2)15-23)28(34)19-36-27-14-13-24(30)17-25(27)31/h5-15,17,21,26H,4,16,18-19H2,1-3H3,(H,32,35)/t21-,26+/m1/s1. The summed E-state index contributed by atoms with van der Waals surface area (Å²) in [6.45, 7) is 5.96.